The van der Waals surface area contributed by atoms with Gasteiger partial charge < -0.3 is 4.90 Å². The summed E-state index contributed by atoms with van der Waals surface area (Å²) < 4.78 is 13.8. The van der Waals surface area contributed by atoms with Gasteiger partial charge in [0.1, 0.15) is 5.82 Å². The van der Waals surface area contributed by atoms with Gasteiger partial charge in [0, 0.05) is 18.7 Å². The maximum absolute atomic E-state index is 13.8. The fraction of sp³-hybridized carbons (Fsp3) is 0.350. The van der Waals surface area contributed by atoms with Gasteiger partial charge in [-0.1, -0.05) is 31.2 Å². The quantitative estimate of drug-likeness (QED) is 0.789. The molecule has 2 aromatic carbocycles. The van der Waals surface area contributed by atoms with Crippen LogP contribution in [0.25, 0.3) is 11.1 Å². The van der Waals surface area contributed by atoms with Crippen LogP contribution >= 0.6 is 0 Å². The summed E-state index contributed by atoms with van der Waals surface area (Å²) in [5.74, 6) is 0.552. The number of rotatable bonds is 2. The Morgan fingerprint density at radius 3 is 2.48 bits per heavy atom. The molecule has 0 N–H and O–H groups in total. The number of halogens is 1. The van der Waals surface area contributed by atoms with Gasteiger partial charge in [0.25, 0.3) is 5.91 Å². The number of carbonyl (C=O) groups is 1. The van der Waals surface area contributed by atoms with Crippen molar-refractivity contribution < 1.29 is 9.18 Å². The maximum Gasteiger partial charge on any atom is 0.253 e. The fourth-order valence-corrected chi connectivity index (χ4v) is 3.00. The van der Waals surface area contributed by atoms with Gasteiger partial charge in [0.05, 0.1) is 0 Å². The van der Waals surface area contributed by atoms with Gasteiger partial charge in [-0.25, -0.2) is 4.39 Å². The number of piperidine rings is 1. The summed E-state index contributed by atoms with van der Waals surface area (Å²) in [6.07, 6.45) is 2.13. The Morgan fingerprint density at radius 1 is 1.09 bits per heavy atom. The third kappa shape index (κ3) is 3.44. The normalized spacial score (nSPS) is 15.7. The molecule has 1 aliphatic heterocycles. The SMILES string of the molecule is Cc1ccc(-c2cccc(C(=O)N3CCC(C)CC3)c2)cc1F. The largest absolute Gasteiger partial charge is 0.339 e. The van der Waals surface area contributed by atoms with E-state index >= 15 is 0 Å². The molecule has 1 heterocycles. The summed E-state index contributed by atoms with van der Waals surface area (Å²) in [7, 11) is 0. The fourth-order valence-electron chi connectivity index (χ4n) is 3.00. The molecule has 1 fully saturated rings. The van der Waals surface area contributed by atoms with Crippen LogP contribution in [-0.4, -0.2) is 23.9 Å². The van der Waals surface area contributed by atoms with E-state index in [0.717, 1.165) is 37.1 Å². The van der Waals surface area contributed by atoms with Crippen molar-refractivity contribution in [2.45, 2.75) is 26.7 Å². The Labute approximate surface area is 136 Å². The Morgan fingerprint density at radius 2 is 1.78 bits per heavy atom. The van der Waals surface area contributed by atoms with E-state index in [2.05, 4.69) is 6.92 Å². The average molecular weight is 311 g/mol. The predicted molar refractivity (Wildman–Crippen MR) is 90.9 cm³/mol. The zero-order valence-electron chi connectivity index (χ0n) is 13.7. The van der Waals surface area contributed by atoms with E-state index < -0.39 is 0 Å². The van der Waals surface area contributed by atoms with Crippen LogP contribution in [0.2, 0.25) is 0 Å². The molecule has 1 amide bonds. The van der Waals surface area contributed by atoms with Gasteiger partial charge in [-0.3, -0.25) is 4.79 Å². The molecule has 0 aromatic heterocycles. The molecule has 0 saturated carbocycles. The molecule has 2 aromatic rings. The first-order valence-electron chi connectivity index (χ1n) is 8.20. The summed E-state index contributed by atoms with van der Waals surface area (Å²) in [4.78, 5) is 14.6. The van der Waals surface area contributed by atoms with Crippen LogP contribution in [0.15, 0.2) is 42.5 Å². The Kier molecular flexibility index (Phi) is 4.46. The summed E-state index contributed by atoms with van der Waals surface area (Å²) in [5.41, 5.74) is 2.98. The molecule has 2 nitrogen and oxygen atoms in total. The minimum Gasteiger partial charge on any atom is -0.339 e. The number of hydrogen-bond acceptors (Lipinski definition) is 1. The van der Waals surface area contributed by atoms with Crippen LogP contribution in [0.4, 0.5) is 4.39 Å². The van der Waals surface area contributed by atoms with Gasteiger partial charge in [-0.15, -0.1) is 0 Å². The third-order valence-electron chi connectivity index (χ3n) is 4.69. The molecular weight excluding hydrogens is 289 g/mol. The molecule has 0 radical (unpaired) electrons. The number of benzene rings is 2. The number of hydrogen-bond donors (Lipinski definition) is 0. The molecule has 3 rings (SSSR count). The van der Waals surface area contributed by atoms with Crippen molar-refractivity contribution in [3.05, 3.63) is 59.4 Å². The van der Waals surface area contributed by atoms with Crippen molar-refractivity contribution in [3.8, 4) is 11.1 Å². The van der Waals surface area contributed by atoms with E-state index in [0.29, 0.717) is 17.0 Å². The summed E-state index contributed by atoms with van der Waals surface area (Å²) in [5, 5.41) is 0. The van der Waals surface area contributed by atoms with Crippen molar-refractivity contribution in [3.63, 3.8) is 0 Å². The molecule has 0 unspecified atom stereocenters. The van der Waals surface area contributed by atoms with Gasteiger partial charge in [-0.2, -0.15) is 0 Å². The second-order valence-corrected chi connectivity index (χ2v) is 6.52. The number of carbonyl (C=O) groups excluding carboxylic acids is 1. The minimum atomic E-state index is -0.218. The number of aryl methyl sites for hydroxylation is 1. The molecule has 23 heavy (non-hydrogen) atoms. The van der Waals surface area contributed by atoms with Gasteiger partial charge in [0.15, 0.2) is 0 Å². The highest BCUT2D eigenvalue weighted by atomic mass is 19.1. The van der Waals surface area contributed by atoms with Crippen molar-refractivity contribution in [1.82, 2.24) is 4.90 Å². The van der Waals surface area contributed by atoms with Gasteiger partial charge in [-0.05, 0) is 60.6 Å². The van der Waals surface area contributed by atoms with Crippen molar-refractivity contribution in [1.29, 1.82) is 0 Å². The second-order valence-electron chi connectivity index (χ2n) is 6.52. The maximum atomic E-state index is 13.8. The summed E-state index contributed by atoms with van der Waals surface area (Å²) in [6.45, 7) is 5.62. The van der Waals surface area contributed by atoms with E-state index in [1.54, 1.807) is 13.0 Å². The zero-order chi connectivity index (χ0) is 16.4. The lowest BCUT2D eigenvalue weighted by atomic mass is 9.97. The summed E-state index contributed by atoms with van der Waals surface area (Å²) in [6, 6.07) is 12.7. The van der Waals surface area contributed by atoms with Crippen LogP contribution in [-0.2, 0) is 0 Å². The summed E-state index contributed by atoms with van der Waals surface area (Å²) >= 11 is 0. The van der Waals surface area contributed by atoms with Gasteiger partial charge >= 0.3 is 0 Å². The van der Waals surface area contributed by atoms with E-state index in [1.165, 1.54) is 6.07 Å². The Balaban J connectivity index is 1.84. The number of amides is 1. The van der Waals surface area contributed by atoms with E-state index in [9.17, 15) is 9.18 Å². The van der Waals surface area contributed by atoms with Crippen molar-refractivity contribution in [2.24, 2.45) is 5.92 Å². The monoisotopic (exact) mass is 311 g/mol. The molecule has 1 saturated heterocycles. The highest BCUT2D eigenvalue weighted by Crippen LogP contribution is 2.24. The molecule has 0 atom stereocenters. The molecule has 1 aliphatic rings. The lowest BCUT2D eigenvalue weighted by molar-refractivity contribution is 0.0697. The molecule has 0 bridgehead atoms. The zero-order valence-corrected chi connectivity index (χ0v) is 13.7. The van der Waals surface area contributed by atoms with Crippen molar-refractivity contribution >= 4 is 5.91 Å². The predicted octanol–water partition coefficient (Wildman–Crippen LogP) is 4.67. The van der Waals surface area contributed by atoms with Crippen LogP contribution in [0.3, 0.4) is 0 Å². The van der Waals surface area contributed by atoms with Crippen LogP contribution in [0.1, 0.15) is 35.7 Å². The van der Waals surface area contributed by atoms with E-state index in [4.69, 9.17) is 0 Å². The first-order chi connectivity index (χ1) is 11.0. The lowest BCUT2D eigenvalue weighted by Gasteiger charge is -2.30. The highest BCUT2D eigenvalue weighted by Gasteiger charge is 2.21. The number of nitrogens with zero attached hydrogens (tertiary/aromatic N) is 1. The molecule has 0 spiro atoms. The Bertz CT molecular complexity index is 717. The van der Waals surface area contributed by atoms with Crippen LogP contribution in [0, 0.1) is 18.7 Å². The second kappa shape index (κ2) is 6.53. The molecule has 0 aliphatic carbocycles. The number of likely N-dealkylation sites (tertiary alicyclic amines) is 1. The first-order valence-corrected chi connectivity index (χ1v) is 8.20. The van der Waals surface area contributed by atoms with Gasteiger partial charge in [0.2, 0.25) is 0 Å². The van der Waals surface area contributed by atoms with Crippen LogP contribution < -0.4 is 0 Å². The average Bonchev–Trinajstić information content (AvgIpc) is 2.57. The van der Waals surface area contributed by atoms with Crippen LogP contribution in [0.5, 0.6) is 0 Å². The Hall–Kier alpha value is -2.16. The highest BCUT2D eigenvalue weighted by molar-refractivity contribution is 5.95. The molecule has 3 heteroatoms. The lowest BCUT2D eigenvalue weighted by Crippen LogP contribution is -2.37. The van der Waals surface area contributed by atoms with E-state index in [1.807, 2.05) is 35.2 Å². The van der Waals surface area contributed by atoms with E-state index in [-0.39, 0.29) is 11.7 Å². The minimum absolute atomic E-state index is 0.0753. The first kappa shape index (κ1) is 15.7. The topological polar surface area (TPSA) is 20.3 Å². The standard InChI is InChI=1S/C20H22FNO/c1-14-8-10-22(11-9-14)20(23)18-5-3-4-16(12-18)17-7-6-15(2)19(21)13-17/h3-7,12-14H,8-11H2,1-2H3. The molecule has 120 valence electrons. The smallest absolute Gasteiger partial charge is 0.253 e. The van der Waals surface area contributed by atoms with Crippen molar-refractivity contribution in [2.75, 3.05) is 13.1 Å². The third-order valence-corrected chi connectivity index (χ3v) is 4.69. The molecular formula is C20H22FNO.